The minimum Gasteiger partial charge on any atom is -0.494 e. The van der Waals surface area contributed by atoms with Crippen LogP contribution in [0.3, 0.4) is 0 Å². The van der Waals surface area contributed by atoms with Crippen LogP contribution >= 0.6 is 0 Å². The molecule has 8 nitrogen and oxygen atoms in total. The Balaban J connectivity index is 1.56. The summed E-state index contributed by atoms with van der Waals surface area (Å²) in [5.41, 5.74) is 1.57. The van der Waals surface area contributed by atoms with Crippen molar-refractivity contribution in [2.45, 2.75) is 13.3 Å². The van der Waals surface area contributed by atoms with Crippen molar-refractivity contribution in [1.82, 2.24) is 5.32 Å². The topological polar surface area (TPSA) is 86.3 Å². The van der Waals surface area contributed by atoms with Crippen LogP contribution in [0.15, 0.2) is 42.5 Å². The number of amides is 2. The predicted molar refractivity (Wildman–Crippen MR) is 126 cm³/mol. The first-order valence-electron chi connectivity index (χ1n) is 10.8. The van der Waals surface area contributed by atoms with Gasteiger partial charge in [0, 0.05) is 37.2 Å². The lowest BCUT2D eigenvalue weighted by Gasteiger charge is -2.17. The van der Waals surface area contributed by atoms with Gasteiger partial charge in [-0.2, -0.15) is 0 Å². The maximum absolute atomic E-state index is 12.5. The summed E-state index contributed by atoms with van der Waals surface area (Å²) >= 11 is 0. The second-order valence-electron chi connectivity index (χ2n) is 7.54. The summed E-state index contributed by atoms with van der Waals surface area (Å²) < 4.78 is 21.4. The zero-order valence-corrected chi connectivity index (χ0v) is 19.4. The van der Waals surface area contributed by atoms with Crippen LogP contribution < -0.4 is 29.2 Å². The molecule has 1 heterocycles. The van der Waals surface area contributed by atoms with E-state index in [1.165, 1.54) is 27.4 Å². The molecule has 0 radical (unpaired) electrons. The Bertz CT molecular complexity index is 977. The van der Waals surface area contributed by atoms with Crippen LogP contribution in [0.1, 0.15) is 18.9 Å². The van der Waals surface area contributed by atoms with Gasteiger partial charge < -0.3 is 29.2 Å². The molecule has 0 spiro atoms. The van der Waals surface area contributed by atoms with Gasteiger partial charge in [-0.05, 0) is 55.0 Å². The van der Waals surface area contributed by atoms with Crippen LogP contribution in [0.2, 0.25) is 0 Å². The zero-order valence-electron chi connectivity index (χ0n) is 19.4. The van der Waals surface area contributed by atoms with Crippen molar-refractivity contribution in [3.8, 4) is 23.0 Å². The van der Waals surface area contributed by atoms with Crippen LogP contribution in [0, 0.1) is 5.92 Å². The second kappa shape index (κ2) is 11.3. The molecular weight excluding hydrogens is 424 g/mol. The Morgan fingerprint density at radius 2 is 1.76 bits per heavy atom. The van der Waals surface area contributed by atoms with Gasteiger partial charge in [0.25, 0.3) is 0 Å². The van der Waals surface area contributed by atoms with E-state index in [0.29, 0.717) is 43.4 Å². The van der Waals surface area contributed by atoms with Gasteiger partial charge in [0.15, 0.2) is 11.5 Å². The molecule has 1 fully saturated rings. The van der Waals surface area contributed by atoms with Gasteiger partial charge >= 0.3 is 0 Å². The van der Waals surface area contributed by atoms with Crippen LogP contribution in [0.25, 0.3) is 6.08 Å². The van der Waals surface area contributed by atoms with Gasteiger partial charge in [-0.3, -0.25) is 9.59 Å². The number of hydrogen-bond donors (Lipinski definition) is 1. The molecule has 1 aliphatic rings. The summed E-state index contributed by atoms with van der Waals surface area (Å²) in [5, 5.41) is 2.88. The molecule has 2 amide bonds. The fraction of sp³-hybridized carbons (Fsp3) is 0.360. The molecule has 176 valence electrons. The lowest BCUT2D eigenvalue weighted by atomic mass is 10.1. The molecule has 0 aromatic heterocycles. The Morgan fingerprint density at radius 1 is 1.09 bits per heavy atom. The summed E-state index contributed by atoms with van der Waals surface area (Å²) in [7, 11) is 4.61. The van der Waals surface area contributed by atoms with E-state index < -0.39 is 0 Å². The molecule has 2 aromatic rings. The van der Waals surface area contributed by atoms with Crippen molar-refractivity contribution in [3.05, 3.63) is 48.0 Å². The number of ether oxygens (including phenoxy) is 4. The van der Waals surface area contributed by atoms with E-state index in [0.717, 1.165) is 17.0 Å². The van der Waals surface area contributed by atoms with E-state index >= 15 is 0 Å². The number of nitrogens with one attached hydrogen (secondary N) is 1. The number of rotatable bonds is 10. The van der Waals surface area contributed by atoms with Crippen LogP contribution in [0.5, 0.6) is 23.0 Å². The number of methoxy groups -OCH3 is 3. The molecule has 33 heavy (non-hydrogen) atoms. The molecule has 3 rings (SSSR count). The van der Waals surface area contributed by atoms with Crippen molar-refractivity contribution in [3.63, 3.8) is 0 Å². The van der Waals surface area contributed by atoms with Crippen LogP contribution in [-0.4, -0.2) is 52.8 Å². The average Bonchev–Trinajstić information content (AvgIpc) is 3.21. The molecule has 1 atom stereocenters. The van der Waals surface area contributed by atoms with E-state index in [1.807, 2.05) is 31.2 Å². The van der Waals surface area contributed by atoms with Crippen LogP contribution in [0.4, 0.5) is 5.69 Å². The Hall–Kier alpha value is -3.68. The molecule has 1 aliphatic heterocycles. The van der Waals surface area contributed by atoms with E-state index in [9.17, 15) is 9.59 Å². The number of nitrogens with zero attached hydrogens (tertiary/aromatic N) is 1. The number of anilines is 1. The highest BCUT2D eigenvalue weighted by Crippen LogP contribution is 2.38. The SMILES string of the molecule is CCOc1ccc(N2CC(CNC(=O)/C=C\c3cc(OC)c(OC)c(OC)c3)CC2=O)cc1. The van der Waals surface area contributed by atoms with Crippen LogP contribution in [-0.2, 0) is 9.59 Å². The van der Waals surface area contributed by atoms with E-state index in [1.54, 1.807) is 23.1 Å². The van der Waals surface area contributed by atoms with Gasteiger partial charge in [0.05, 0.1) is 27.9 Å². The molecule has 1 N–H and O–H groups in total. The third kappa shape index (κ3) is 5.97. The Morgan fingerprint density at radius 3 is 2.33 bits per heavy atom. The number of hydrogen-bond acceptors (Lipinski definition) is 6. The van der Waals surface area contributed by atoms with E-state index in [4.69, 9.17) is 18.9 Å². The highest BCUT2D eigenvalue weighted by Gasteiger charge is 2.30. The first-order chi connectivity index (χ1) is 16.0. The van der Waals surface area contributed by atoms with E-state index in [2.05, 4.69) is 5.32 Å². The summed E-state index contributed by atoms with van der Waals surface area (Å²) in [6.45, 7) is 3.50. The van der Waals surface area contributed by atoms with Gasteiger partial charge in [0.2, 0.25) is 17.6 Å². The third-order valence-electron chi connectivity index (χ3n) is 5.34. The minimum absolute atomic E-state index is 0.0441. The summed E-state index contributed by atoms with van der Waals surface area (Å²) in [6, 6.07) is 11.0. The third-order valence-corrected chi connectivity index (χ3v) is 5.34. The Kier molecular flexibility index (Phi) is 8.18. The van der Waals surface area contributed by atoms with Gasteiger partial charge in [0.1, 0.15) is 5.75 Å². The Labute approximate surface area is 194 Å². The highest BCUT2D eigenvalue weighted by atomic mass is 16.5. The molecule has 0 saturated carbocycles. The normalized spacial score (nSPS) is 15.6. The number of carbonyl (C=O) groups is 2. The molecule has 8 heteroatoms. The van der Waals surface area contributed by atoms with Crippen molar-refractivity contribution in [2.75, 3.05) is 45.9 Å². The van der Waals surface area contributed by atoms with Crippen molar-refractivity contribution >= 4 is 23.6 Å². The largest absolute Gasteiger partial charge is 0.494 e. The number of carbonyl (C=O) groups excluding carboxylic acids is 2. The summed E-state index contributed by atoms with van der Waals surface area (Å²) in [4.78, 5) is 26.5. The quantitative estimate of drug-likeness (QED) is 0.555. The van der Waals surface area contributed by atoms with E-state index in [-0.39, 0.29) is 17.7 Å². The zero-order chi connectivity index (χ0) is 23.8. The first kappa shape index (κ1) is 24.0. The average molecular weight is 455 g/mol. The van der Waals surface area contributed by atoms with Gasteiger partial charge in [-0.1, -0.05) is 0 Å². The monoisotopic (exact) mass is 454 g/mol. The molecule has 2 aromatic carbocycles. The predicted octanol–water partition coefficient (Wildman–Crippen LogP) is 3.29. The smallest absolute Gasteiger partial charge is 0.244 e. The lowest BCUT2D eigenvalue weighted by Crippen LogP contribution is -2.30. The van der Waals surface area contributed by atoms with Crippen molar-refractivity contribution in [2.24, 2.45) is 5.92 Å². The van der Waals surface area contributed by atoms with Gasteiger partial charge in [-0.25, -0.2) is 0 Å². The standard InChI is InChI=1S/C25H30N2O6/c1-5-33-20-9-7-19(8-10-20)27-16-18(14-24(27)29)15-26-23(28)11-6-17-12-21(30-2)25(32-4)22(13-17)31-3/h6-13,18H,5,14-16H2,1-4H3,(H,26,28)/b11-6-. The molecule has 0 aliphatic carbocycles. The highest BCUT2D eigenvalue weighted by molar-refractivity contribution is 5.96. The molecule has 1 saturated heterocycles. The van der Waals surface area contributed by atoms with Gasteiger partial charge in [-0.15, -0.1) is 0 Å². The molecule has 0 bridgehead atoms. The maximum Gasteiger partial charge on any atom is 0.244 e. The minimum atomic E-state index is -0.240. The lowest BCUT2D eigenvalue weighted by molar-refractivity contribution is -0.118. The van der Waals surface area contributed by atoms with Crippen molar-refractivity contribution in [1.29, 1.82) is 0 Å². The maximum atomic E-state index is 12.5. The fourth-order valence-electron chi connectivity index (χ4n) is 3.73. The summed E-state index contributed by atoms with van der Waals surface area (Å²) in [5.74, 6) is 2.14. The molecular formula is C25H30N2O6. The number of benzene rings is 2. The fourth-order valence-corrected chi connectivity index (χ4v) is 3.73. The van der Waals surface area contributed by atoms with Crippen molar-refractivity contribution < 1.29 is 28.5 Å². The molecule has 1 unspecified atom stereocenters. The second-order valence-corrected chi connectivity index (χ2v) is 7.54. The first-order valence-corrected chi connectivity index (χ1v) is 10.8. The summed E-state index contributed by atoms with van der Waals surface area (Å²) in [6.07, 6.45) is 3.51.